The largest absolute Gasteiger partial charge is 0.440 e. The van der Waals surface area contributed by atoms with Gasteiger partial charge in [-0.05, 0) is 50.3 Å². The van der Waals surface area contributed by atoms with Gasteiger partial charge in [-0.2, -0.15) is 0 Å². The van der Waals surface area contributed by atoms with Crippen LogP contribution in [-0.2, 0) is 12.3 Å². The monoisotopic (exact) mass is 467 g/mol. The molecule has 32 heavy (non-hydrogen) atoms. The van der Waals surface area contributed by atoms with Gasteiger partial charge >= 0.3 is 0 Å². The van der Waals surface area contributed by atoms with Crippen LogP contribution in [0.5, 0.6) is 0 Å². The molecule has 2 aromatic carbocycles. The average Bonchev–Trinajstić information content (AvgIpc) is 3.42. The summed E-state index contributed by atoms with van der Waals surface area (Å²) in [5.74, 6) is 2.91. The van der Waals surface area contributed by atoms with E-state index in [0.29, 0.717) is 16.7 Å². The summed E-state index contributed by atoms with van der Waals surface area (Å²) in [5.41, 5.74) is 2.16. The summed E-state index contributed by atoms with van der Waals surface area (Å²) in [6.07, 6.45) is 2.70. The van der Waals surface area contributed by atoms with Crippen LogP contribution in [0.1, 0.15) is 36.7 Å². The van der Waals surface area contributed by atoms with Crippen molar-refractivity contribution in [1.29, 1.82) is 0 Å². The Morgan fingerprint density at radius 1 is 1.06 bits per heavy atom. The van der Waals surface area contributed by atoms with Crippen molar-refractivity contribution in [3.05, 3.63) is 83.1 Å². The molecule has 0 fully saturated rings. The van der Waals surface area contributed by atoms with E-state index in [4.69, 9.17) is 16.0 Å². The number of hydrogen-bond acceptors (Lipinski definition) is 6. The molecule has 2 heterocycles. The first-order valence-electron chi connectivity index (χ1n) is 10.5. The van der Waals surface area contributed by atoms with Crippen LogP contribution < -0.4 is 0 Å². The number of benzene rings is 2. The minimum Gasteiger partial charge on any atom is -0.440 e. The molecule has 2 aromatic heterocycles. The summed E-state index contributed by atoms with van der Waals surface area (Å²) in [7, 11) is 4.15. The Labute approximate surface area is 197 Å². The van der Waals surface area contributed by atoms with Gasteiger partial charge in [-0.15, -0.1) is 10.2 Å². The summed E-state index contributed by atoms with van der Waals surface area (Å²) in [5, 5.41) is 10.6. The molecule has 166 valence electrons. The molecule has 1 atom stereocenters. The molecular weight excluding hydrogens is 442 g/mol. The number of hydrogen-bond donors (Lipinski definition) is 0. The molecule has 4 aromatic rings. The van der Waals surface area contributed by atoms with Gasteiger partial charge in [0, 0.05) is 10.6 Å². The maximum absolute atomic E-state index is 5.98. The predicted octanol–water partition coefficient (Wildman–Crippen LogP) is 5.94. The van der Waals surface area contributed by atoms with E-state index in [0.717, 1.165) is 35.3 Å². The highest BCUT2D eigenvalue weighted by atomic mass is 35.5. The minimum absolute atomic E-state index is 0.193. The molecule has 0 aliphatic heterocycles. The van der Waals surface area contributed by atoms with Gasteiger partial charge in [-0.25, -0.2) is 4.98 Å². The predicted molar refractivity (Wildman–Crippen MR) is 129 cm³/mol. The fraction of sp³-hybridized carbons (Fsp3) is 0.292. The SMILES string of the molecule is CCC(c1nnc(SCc2ncc(-c3ccc(Cl)cc3)o2)n1Cc1ccccc1)N(C)C. The Morgan fingerprint density at radius 3 is 2.50 bits per heavy atom. The molecule has 0 aliphatic carbocycles. The van der Waals surface area contributed by atoms with Crippen molar-refractivity contribution < 1.29 is 4.42 Å². The second kappa shape index (κ2) is 10.3. The minimum atomic E-state index is 0.193. The zero-order valence-corrected chi connectivity index (χ0v) is 20.0. The number of rotatable bonds is 9. The third kappa shape index (κ3) is 5.23. The van der Waals surface area contributed by atoms with Crippen molar-refractivity contribution in [3.63, 3.8) is 0 Å². The van der Waals surface area contributed by atoms with Crippen LogP contribution in [-0.4, -0.2) is 38.7 Å². The van der Waals surface area contributed by atoms with Crippen LogP contribution in [0.25, 0.3) is 11.3 Å². The lowest BCUT2D eigenvalue weighted by Gasteiger charge is -2.23. The maximum Gasteiger partial charge on any atom is 0.205 e. The first-order chi connectivity index (χ1) is 15.5. The van der Waals surface area contributed by atoms with E-state index in [2.05, 4.69) is 69.9 Å². The fourth-order valence-corrected chi connectivity index (χ4v) is 4.52. The molecule has 0 saturated heterocycles. The maximum atomic E-state index is 5.98. The van der Waals surface area contributed by atoms with E-state index in [9.17, 15) is 0 Å². The molecule has 6 nitrogen and oxygen atoms in total. The lowest BCUT2D eigenvalue weighted by atomic mass is 10.2. The Hall–Kier alpha value is -2.61. The standard InChI is InChI=1S/C24H26ClN5OS/c1-4-20(29(2)3)23-27-28-24(30(23)15-17-8-6-5-7-9-17)32-16-22-26-14-21(31-22)18-10-12-19(25)13-11-18/h5-14,20H,4,15-16H2,1-3H3. The molecule has 1 unspecified atom stereocenters. The molecule has 0 aliphatic rings. The van der Waals surface area contributed by atoms with E-state index in [1.807, 2.05) is 30.3 Å². The summed E-state index contributed by atoms with van der Waals surface area (Å²) in [4.78, 5) is 6.63. The van der Waals surface area contributed by atoms with Gasteiger partial charge in [-0.1, -0.05) is 60.6 Å². The van der Waals surface area contributed by atoms with E-state index in [-0.39, 0.29) is 6.04 Å². The smallest absolute Gasteiger partial charge is 0.205 e. The molecule has 0 amide bonds. The summed E-state index contributed by atoms with van der Waals surface area (Å²) in [6, 6.07) is 18.1. The molecule has 0 spiro atoms. The number of halogens is 1. The van der Waals surface area contributed by atoms with Crippen molar-refractivity contribution in [2.24, 2.45) is 0 Å². The van der Waals surface area contributed by atoms with Crippen LogP contribution in [0.4, 0.5) is 0 Å². The second-order valence-corrected chi connectivity index (χ2v) is 9.09. The van der Waals surface area contributed by atoms with Crippen molar-refractivity contribution in [1.82, 2.24) is 24.6 Å². The van der Waals surface area contributed by atoms with E-state index in [1.165, 1.54) is 5.56 Å². The quantitative estimate of drug-likeness (QED) is 0.284. The third-order valence-electron chi connectivity index (χ3n) is 5.24. The van der Waals surface area contributed by atoms with Crippen LogP contribution in [0.2, 0.25) is 5.02 Å². The molecular formula is C24H26ClN5OS. The van der Waals surface area contributed by atoms with Crippen molar-refractivity contribution in [2.75, 3.05) is 14.1 Å². The normalized spacial score (nSPS) is 12.4. The average molecular weight is 468 g/mol. The highest BCUT2D eigenvalue weighted by Crippen LogP contribution is 2.29. The van der Waals surface area contributed by atoms with Gasteiger partial charge in [0.05, 0.1) is 24.5 Å². The molecule has 0 saturated carbocycles. The molecule has 0 radical (unpaired) electrons. The van der Waals surface area contributed by atoms with Crippen LogP contribution in [0.3, 0.4) is 0 Å². The summed E-state index contributed by atoms with van der Waals surface area (Å²) < 4.78 is 8.17. The Morgan fingerprint density at radius 2 is 1.81 bits per heavy atom. The molecule has 0 bridgehead atoms. The number of aromatic nitrogens is 4. The molecule has 8 heteroatoms. The summed E-state index contributed by atoms with van der Waals surface area (Å²) >= 11 is 7.57. The number of thioether (sulfide) groups is 1. The van der Waals surface area contributed by atoms with Gasteiger partial charge in [0.2, 0.25) is 5.89 Å². The van der Waals surface area contributed by atoms with Gasteiger partial charge < -0.3 is 8.98 Å². The highest BCUT2D eigenvalue weighted by Gasteiger charge is 2.22. The first kappa shape index (κ1) is 22.6. The number of oxazole rings is 1. The van der Waals surface area contributed by atoms with Gasteiger partial charge in [-0.3, -0.25) is 4.90 Å². The zero-order valence-electron chi connectivity index (χ0n) is 18.4. The van der Waals surface area contributed by atoms with Crippen molar-refractivity contribution in [3.8, 4) is 11.3 Å². The summed E-state index contributed by atoms with van der Waals surface area (Å²) in [6.45, 7) is 2.89. The lowest BCUT2D eigenvalue weighted by Crippen LogP contribution is -2.23. The zero-order chi connectivity index (χ0) is 22.5. The first-order valence-corrected chi connectivity index (χ1v) is 11.9. The molecule has 4 rings (SSSR count). The Kier molecular flexibility index (Phi) is 7.29. The lowest BCUT2D eigenvalue weighted by molar-refractivity contribution is 0.272. The number of nitrogens with zero attached hydrogens (tertiary/aromatic N) is 5. The Bertz CT molecular complexity index is 1140. The Balaban J connectivity index is 1.55. The second-order valence-electron chi connectivity index (χ2n) is 7.71. The van der Waals surface area contributed by atoms with Gasteiger partial charge in [0.25, 0.3) is 0 Å². The molecule has 0 N–H and O–H groups in total. The van der Waals surface area contributed by atoms with E-state index >= 15 is 0 Å². The third-order valence-corrected chi connectivity index (χ3v) is 6.45. The van der Waals surface area contributed by atoms with Crippen LogP contribution >= 0.6 is 23.4 Å². The van der Waals surface area contributed by atoms with E-state index < -0.39 is 0 Å². The highest BCUT2D eigenvalue weighted by molar-refractivity contribution is 7.98. The van der Waals surface area contributed by atoms with E-state index in [1.54, 1.807) is 18.0 Å². The van der Waals surface area contributed by atoms with Crippen molar-refractivity contribution >= 4 is 23.4 Å². The van der Waals surface area contributed by atoms with Gasteiger partial charge in [0.15, 0.2) is 16.7 Å². The van der Waals surface area contributed by atoms with Gasteiger partial charge in [0.1, 0.15) is 0 Å². The van der Waals surface area contributed by atoms with Crippen LogP contribution in [0.15, 0.2) is 70.4 Å². The van der Waals surface area contributed by atoms with Crippen molar-refractivity contribution in [2.45, 2.75) is 36.8 Å². The topological polar surface area (TPSA) is 60.0 Å². The van der Waals surface area contributed by atoms with Crippen LogP contribution in [0, 0.1) is 0 Å². The fourth-order valence-electron chi connectivity index (χ4n) is 3.60.